The van der Waals surface area contributed by atoms with E-state index in [1.807, 2.05) is 27.7 Å². The molecule has 0 aliphatic heterocycles. The van der Waals surface area contributed by atoms with Gasteiger partial charge >= 0.3 is 0 Å². The summed E-state index contributed by atoms with van der Waals surface area (Å²) in [4.78, 5) is 11.7. The van der Waals surface area contributed by atoms with Gasteiger partial charge in [0, 0.05) is 28.9 Å². The fourth-order valence-electron chi connectivity index (χ4n) is 1.14. The van der Waals surface area contributed by atoms with E-state index in [0.717, 1.165) is 0 Å². The number of carbonyl (C=O) groups is 1. The highest BCUT2D eigenvalue weighted by Gasteiger charge is 2.27. The molecule has 0 radical (unpaired) electrons. The molecule has 0 aromatic carbocycles. The van der Waals surface area contributed by atoms with Gasteiger partial charge in [-0.25, -0.2) is 0 Å². The van der Waals surface area contributed by atoms with Crippen molar-refractivity contribution in [2.75, 3.05) is 12.0 Å². The molecule has 0 aromatic rings. The zero-order chi connectivity index (χ0) is 12.9. The normalized spacial score (nSPS) is 17.6. The lowest BCUT2D eigenvalue weighted by Gasteiger charge is -2.27. The minimum absolute atomic E-state index is 0.0183. The number of hydrogen-bond donors (Lipinski definition) is 2. The van der Waals surface area contributed by atoms with E-state index in [2.05, 4.69) is 5.32 Å². The third kappa shape index (κ3) is 6.23. The highest BCUT2D eigenvalue weighted by Crippen LogP contribution is 2.17. The number of nitrogens with two attached hydrogens (primary N) is 1. The van der Waals surface area contributed by atoms with Gasteiger partial charge in [-0.15, -0.1) is 0 Å². The minimum Gasteiger partial charge on any atom is -0.352 e. The van der Waals surface area contributed by atoms with E-state index in [-0.39, 0.29) is 17.4 Å². The molecule has 0 spiro atoms. The quantitative estimate of drug-likeness (QED) is 0.749. The van der Waals surface area contributed by atoms with E-state index >= 15 is 0 Å². The van der Waals surface area contributed by atoms with Gasteiger partial charge in [-0.2, -0.15) is 0 Å². The molecule has 0 rings (SSSR count). The van der Waals surface area contributed by atoms with Crippen molar-refractivity contribution in [1.29, 1.82) is 0 Å². The monoisotopic (exact) mass is 248 g/mol. The molecule has 3 atom stereocenters. The second-order valence-corrected chi connectivity index (χ2v) is 6.87. The van der Waals surface area contributed by atoms with Crippen LogP contribution in [0.15, 0.2) is 0 Å². The molecule has 0 bridgehead atoms. The van der Waals surface area contributed by atoms with E-state index in [1.165, 1.54) is 0 Å². The number of nitrogens with one attached hydrogen (secondary N) is 1. The van der Waals surface area contributed by atoms with Crippen molar-refractivity contribution in [1.82, 2.24) is 5.32 Å². The van der Waals surface area contributed by atoms with Crippen LogP contribution >= 0.6 is 0 Å². The fourth-order valence-corrected chi connectivity index (χ4v) is 1.83. The molecule has 96 valence electrons. The maximum absolute atomic E-state index is 11.7. The largest absolute Gasteiger partial charge is 0.352 e. The van der Waals surface area contributed by atoms with Crippen molar-refractivity contribution in [3.8, 4) is 0 Å². The second kappa shape index (κ2) is 6.35. The summed E-state index contributed by atoms with van der Waals surface area (Å²) in [7, 11) is -0.811. The Balaban J connectivity index is 4.09. The Bertz CT molecular complexity index is 261. The van der Waals surface area contributed by atoms with Crippen LogP contribution < -0.4 is 11.1 Å². The fraction of sp³-hybridized carbons (Fsp3) is 0.909. The first-order chi connectivity index (χ1) is 7.14. The molecule has 2 unspecified atom stereocenters. The Hall–Kier alpha value is -0.420. The van der Waals surface area contributed by atoms with Gasteiger partial charge in [-0.3, -0.25) is 9.00 Å². The summed E-state index contributed by atoms with van der Waals surface area (Å²) in [5, 5.41) is 2.84. The molecule has 0 saturated carbocycles. The van der Waals surface area contributed by atoms with Crippen molar-refractivity contribution < 1.29 is 9.00 Å². The Kier molecular flexibility index (Phi) is 6.18. The molecule has 0 saturated heterocycles. The lowest BCUT2D eigenvalue weighted by Crippen LogP contribution is -2.51. The van der Waals surface area contributed by atoms with Crippen molar-refractivity contribution in [3.05, 3.63) is 0 Å². The predicted molar refractivity (Wildman–Crippen MR) is 68.6 cm³/mol. The molecule has 0 aliphatic rings. The van der Waals surface area contributed by atoms with Crippen LogP contribution in [0.25, 0.3) is 0 Å². The predicted octanol–water partition coefficient (Wildman–Crippen LogP) is 0.633. The number of carbonyl (C=O) groups excluding carboxylic acids is 1. The molecule has 16 heavy (non-hydrogen) atoms. The number of rotatable bonds is 5. The van der Waals surface area contributed by atoms with Gasteiger partial charge in [-0.1, -0.05) is 20.8 Å². The van der Waals surface area contributed by atoms with Crippen molar-refractivity contribution in [2.24, 2.45) is 11.1 Å². The summed E-state index contributed by atoms with van der Waals surface area (Å²) < 4.78 is 10.9. The topological polar surface area (TPSA) is 72.2 Å². The van der Waals surface area contributed by atoms with Crippen molar-refractivity contribution >= 4 is 16.7 Å². The summed E-state index contributed by atoms with van der Waals surface area (Å²) in [5.41, 5.74) is 5.59. The first kappa shape index (κ1) is 15.6. The first-order valence-electron chi connectivity index (χ1n) is 5.50. The van der Waals surface area contributed by atoms with Gasteiger partial charge in [0.15, 0.2) is 0 Å². The molecule has 4 nitrogen and oxygen atoms in total. The van der Waals surface area contributed by atoms with Gasteiger partial charge in [0.1, 0.15) is 0 Å². The SMILES string of the molecule is CC(CCS(C)=O)NC(=O)[C@@H](N)C(C)(C)C. The number of amides is 1. The molecule has 5 heteroatoms. The van der Waals surface area contributed by atoms with Crippen molar-refractivity contribution in [2.45, 2.75) is 46.2 Å². The molecule has 0 heterocycles. The van der Waals surface area contributed by atoms with Crippen LogP contribution in [-0.2, 0) is 15.6 Å². The van der Waals surface area contributed by atoms with E-state index in [1.54, 1.807) is 6.26 Å². The highest BCUT2D eigenvalue weighted by atomic mass is 32.2. The zero-order valence-corrected chi connectivity index (χ0v) is 11.7. The maximum Gasteiger partial charge on any atom is 0.237 e. The summed E-state index contributed by atoms with van der Waals surface area (Å²) >= 11 is 0. The average Bonchev–Trinajstić information content (AvgIpc) is 2.11. The third-order valence-electron chi connectivity index (χ3n) is 2.44. The summed E-state index contributed by atoms with van der Waals surface area (Å²) in [5.74, 6) is 0.466. The molecular formula is C11H24N2O2S. The van der Waals surface area contributed by atoms with E-state index in [4.69, 9.17) is 5.73 Å². The summed E-state index contributed by atoms with van der Waals surface area (Å²) in [6.45, 7) is 7.70. The molecule has 0 aliphatic carbocycles. The standard InChI is InChI=1S/C11H24N2O2S/c1-8(6-7-16(5)15)13-10(14)9(12)11(2,3)4/h8-9H,6-7,12H2,1-5H3,(H,13,14)/t8?,9-,16?/m1/s1. The Morgan fingerprint density at radius 2 is 1.94 bits per heavy atom. The van der Waals surface area contributed by atoms with Crippen LogP contribution in [0.3, 0.4) is 0 Å². The average molecular weight is 248 g/mol. The van der Waals surface area contributed by atoms with Crippen LogP contribution in [0, 0.1) is 5.41 Å². The van der Waals surface area contributed by atoms with Gasteiger partial charge in [-0.05, 0) is 18.8 Å². The lowest BCUT2D eigenvalue weighted by molar-refractivity contribution is -0.125. The van der Waals surface area contributed by atoms with Crippen molar-refractivity contribution in [3.63, 3.8) is 0 Å². The molecule has 1 amide bonds. The van der Waals surface area contributed by atoms with E-state index in [0.29, 0.717) is 12.2 Å². The highest BCUT2D eigenvalue weighted by molar-refractivity contribution is 7.84. The minimum atomic E-state index is -0.811. The van der Waals surface area contributed by atoms with Crippen LogP contribution in [0.4, 0.5) is 0 Å². The molecule has 3 N–H and O–H groups in total. The van der Waals surface area contributed by atoms with Gasteiger partial charge < -0.3 is 11.1 Å². The van der Waals surface area contributed by atoms with Crippen LogP contribution in [0.2, 0.25) is 0 Å². The van der Waals surface area contributed by atoms with Gasteiger partial charge in [0.2, 0.25) is 5.91 Å². The Morgan fingerprint density at radius 3 is 2.31 bits per heavy atom. The molecule has 0 fully saturated rings. The number of hydrogen-bond acceptors (Lipinski definition) is 3. The van der Waals surface area contributed by atoms with Crippen LogP contribution in [0.1, 0.15) is 34.1 Å². The third-order valence-corrected chi connectivity index (χ3v) is 3.25. The second-order valence-electron chi connectivity index (χ2n) is 5.32. The first-order valence-corrected chi connectivity index (χ1v) is 7.23. The lowest BCUT2D eigenvalue weighted by atomic mass is 9.87. The van der Waals surface area contributed by atoms with E-state index < -0.39 is 16.8 Å². The van der Waals surface area contributed by atoms with Crippen LogP contribution in [0.5, 0.6) is 0 Å². The zero-order valence-electron chi connectivity index (χ0n) is 10.9. The van der Waals surface area contributed by atoms with Crippen LogP contribution in [-0.4, -0.2) is 34.2 Å². The summed E-state index contributed by atoms with van der Waals surface area (Å²) in [6.07, 6.45) is 2.38. The van der Waals surface area contributed by atoms with E-state index in [9.17, 15) is 9.00 Å². The Morgan fingerprint density at radius 1 is 1.44 bits per heavy atom. The maximum atomic E-state index is 11.7. The Labute approximate surface area is 101 Å². The van der Waals surface area contributed by atoms with Gasteiger partial charge in [0.25, 0.3) is 0 Å². The molecule has 0 aromatic heterocycles. The van der Waals surface area contributed by atoms with Gasteiger partial charge in [0.05, 0.1) is 6.04 Å². The smallest absolute Gasteiger partial charge is 0.237 e. The molecular weight excluding hydrogens is 224 g/mol. The summed E-state index contributed by atoms with van der Waals surface area (Å²) in [6, 6.07) is -0.494.